The summed E-state index contributed by atoms with van der Waals surface area (Å²) in [6.45, 7) is 6.01. The van der Waals surface area contributed by atoms with Crippen LogP contribution in [0.15, 0.2) is 60.8 Å². The highest BCUT2D eigenvalue weighted by molar-refractivity contribution is 5.92. The second-order valence-electron chi connectivity index (χ2n) is 6.49. The van der Waals surface area contributed by atoms with Crippen LogP contribution in [0.25, 0.3) is 10.9 Å². The SMILES string of the molecule is CC(C(=O)NC(C)(C)c1ccccc1)c1c[nH]c2ccccc12. The van der Waals surface area contributed by atoms with E-state index in [9.17, 15) is 4.79 Å². The molecule has 0 aliphatic heterocycles. The predicted molar refractivity (Wildman–Crippen MR) is 94.3 cm³/mol. The van der Waals surface area contributed by atoms with Gasteiger partial charge in [0, 0.05) is 17.1 Å². The molecule has 0 spiro atoms. The highest BCUT2D eigenvalue weighted by Crippen LogP contribution is 2.27. The molecule has 2 aromatic carbocycles. The first-order chi connectivity index (χ1) is 11.0. The number of para-hydroxylation sites is 1. The summed E-state index contributed by atoms with van der Waals surface area (Å²) in [5, 5.41) is 4.28. The predicted octanol–water partition coefficient (Wildman–Crippen LogP) is 4.32. The quantitative estimate of drug-likeness (QED) is 0.740. The minimum atomic E-state index is -0.404. The number of amides is 1. The Morgan fingerprint density at radius 3 is 2.43 bits per heavy atom. The molecule has 1 atom stereocenters. The summed E-state index contributed by atoms with van der Waals surface area (Å²) in [4.78, 5) is 16.0. The van der Waals surface area contributed by atoms with Crippen molar-refractivity contribution in [2.24, 2.45) is 0 Å². The maximum atomic E-state index is 12.7. The summed E-state index contributed by atoms with van der Waals surface area (Å²) in [5.74, 6) is -0.183. The van der Waals surface area contributed by atoms with Gasteiger partial charge in [0.15, 0.2) is 0 Å². The smallest absolute Gasteiger partial charge is 0.228 e. The highest BCUT2D eigenvalue weighted by Gasteiger charge is 2.26. The first kappa shape index (κ1) is 15.3. The van der Waals surface area contributed by atoms with E-state index in [2.05, 4.69) is 10.3 Å². The molecular weight excluding hydrogens is 284 g/mol. The zero-order valence-corrected chi connectivity index (χ0v) is 13.8. The molecule has 3 heteroatoms. The molecule has 1 amide bonds. The van der Waals surface area contributed by atoms with Crippen LogP contribution >= 0.6 is 0 Å². The molecule has 1 heterocycles. The van der Waals surface area contributed by atoms with E-state index in [4.69, 9.17) is 0 Å². The van der Waals surface area contributed by atoms with Crippen LogP contribution in [-0.4, -0.2) is 10.9 Å². The van der Waals surface area contributed by atoms with E-state index in [0.29, 0.717) is 0 Å². The first-order valence-corrected chi connectivity index (χ1v) is 7.92. The lowest BCUT2D eigenvalue weighted by Crippen LogP contribution is -2.42. The van der Waals surface area contributed by atoms with Crippen LogP contribution in [0, 0.1) is 0 Å². The van der Waals surface area contributed by atoms with Crippen molar-refractivity contribution in [3.63, 3.8) is 0 Å². The van der Waals surface area contributed by atoms with Gasteiger partial charge in [-0.2, -0.15) is 0 Å². The molecule has 0 aliphatic rings. The highest BCUT2D eigenvalue weighted by atomic mass is 16.2. The van der Waals surface area contributed by atoms with E-state index in [-0.39, 0.29) is 11.8 Å². The lowest BCUT2D eigenvalue weighted by molar-refractivity contribution is -0.123. The van der Waals surface area contributed by atoms with Crippen molar-refractivity contribution in [3.05, 3.63) is 71.9 Å². The Balaban J connectivity index is 1.83. The number of rotatable bonds is 4. The van der Waals surface area contributed by atoms with Gasteiger partial charge in [0.1, 0.15) is 0 Å². The van der Waals surface area contributed by atoms with Crippen molar-refractivity contribution in [2.45, 2.75) is 32.2 Å². The van der Waals surface area contributed by atoms with E-state index in [1.807, 2.05) is 81.6 Å². The number of nitrogens with one attached hydrogen (secondary N) is 2. The second-order valence-corrected chi connectivity index (χ2v) is 6.49. The van der Waals surface area contributed by atoms with Crippen molar-refractivity contribution < 1.29 is 4.79 Å². The van der Waals surface area contributed by atoms with E-state index in [1.54, 1.807) is 0 Å². The molecule has 0 radical (unpaired) electrons. The molecule has 0 bridgehead atoms. The second kappa shape index (κ2) is 5.92. The fourth-order valence-electron chi connectivity index (χ4n) is 2.94. The number of carbonyl (C=O) groups excluding carboxylic acids is 1. The van der Waals surface area contributed by atoms with Crippen LogP contribution in [0.4, 0.5) is 0 Å². The Labute approximate surface area is 136 Å². The van der Waals surface area contributed by atoms with Crippen molar-refractivity contribution in [1.29, 1.82) is 0 Å². The van der Waals surface area contributed by atoms with Crippen LogP contribution in [0.5, 0.6) is 0 Å². The zero-order valence-electron chi connectivity index (χ0n) is 13.8. The summed E-state index contributed by atoms with van der Waals surface area (Å²) >= 11 is 0. The van der Waals surface area contributed by atoms with Crippen LogP contribution in [0.2, 0.25) is 0 Å². The van der Waals surface area contributed by atoms with Crippen LogP contribution in [-0.2, 0) is 10.3 Å². The number of aromatic nitrogens is 1. The molecular formula is C20H22N2O. The van der Waals surface area contributed by atoms with E-state index < -0.39 is 5.54 Å². The molecule has 1 unspecified atom stereocenters. The lowest BCUT2D eigenvalue weighted by atomic mass is 9.92. The van der Waals surface area contributed by atoms with Crippen LogP contribution in [0.1, 0.15) is 37.8 Å². The molecule has 0 saturated carbocycles. The van der Waals surface area contributed by atoms with E-state index >= 15 is 0 Å². The Hall–Kier alpha value is -2.55. The number of hydrogen-bond acceptors (Lipinski definition) is 1. The third kappa shape index (κ3) is 3.00. The summed E-state index contributed by atoms with van der Waals surface area (Å²) in [7, 11) is 0. The van der Waals surface area contributed by atoms with Gasteiger partial charge in [-0.15, -0.1) is 0 Å². The number of benzene rings is 2. The van der Waals surface area contributed by atoms with Crippen molar-refractivity contribution >= 4 is 16.8 Å². The zero-order chi connectivity index (χ0) is 16.4. The van der Waals surface area contributed by atoms with Crippen LogP contribution < -0.4 is 5.32 Å². The Bertz CT molecular complexity index is 818. The van der Waals surface area contributed by atoms with Crippen molar-refractivity contribution in [1.82, 2.24) is 10.3 Å². The van der Waals surface area contributed by atoms with Gasteiger partial charge in [-0.3, -0.25) is 4.79 Å². The molecule has 0 aliphatic carbocycles. The fraction of sp³-hybridized carbons (Fsp3) is 0.250. The fourth-order valence-corrected chi connectivity index (χ4v) is 2.94. The minimum Gasteiger partial charge on any atom is -0.361 e. The molecule has 118 valence electrons. The molecule has 3 nitrogen and oxygen atoms in total. The number of hydrogen-bond donors (Lipinski definition) is 2. The maximum Gasteiger partial charge on any atom is 0.228 e. The maximum absolute atomic E-state index is 12.7. The largest absolute Gasteiger partial charge is 0.361 e. The normalized spacial score (nSPS) is 13.0. The molecule has 3 aromatic rings. The first-order valence-electron chi connectivity index (χ1n) is 7.92. The van der Waals surface area contributed by atoms with Gasteiger partial charge in [-0.1, -0.05) is 48.5 Å². The standard InChI is InChI=1S/C20H22N2O/c1-14(17-13-21-18-12-8-7-11-16(17)18)19(23)22-20(2,3)15-9-5-4-6-10-15/h4-14,21H,1-3H3,(H,22,23). The Kier molecular flexibility index (Phi) is 3.95. The monoisotopic (exact) mass is 306 g/mol. The van der Waals surface area contributed by atoms with Crippen molar-refractivity contribution in [3.8, 4) is 0 Å². The number of carbonyl (C=O) groups is 1. The third-order valence-electron chi connectivity index (χ3n) is 4.41. The van der Waals surface area contributed by atoms with E-state index in [0.717, 1.165) is 22.0 Å². The van der Waals surface area contributed by atoms with Gasteiger partial charge in [-0.25, -0.2) is 0 Å². The topological polar surface area (TPSA) is 44.9 Å². The summed E-state index contributed by atoms with van der Waals surface area (Å²) in [6, 6.07) is 18.1. The molecule has 0 fully saturated rings. The summed E-state index contributed by atoms with van der Waals surface area (Å²) in [6.07, 6.45) is 1.93. The van der Waals surface area contributed by atoms with Gasteiger partial charge in [-0.05, 0) is 38.0 Å². The summed E-state index contributed by atoms with van der Waals surface area (Å²) in [5.41, 5.74) is 2.78. The van der Waals surface area contributed by atoms with Gasteiger partial charge in [0.05, 0.1) is 11.5 Å². The number of H-pyrrole nitrogens is 1. The van der Waals surface area contributed by atoms with Gasteiger partial charge in [0.25, 0.3) is 0 Å². The average Bonchev–Trinajstić information content (AvgIpc) is 2.98. The molecule has 3 rings (SSSR count). The molecule has 2 N–H and O–H groups in total. The number of aromatic amines is 1. The lowest BCUT2D eigenvalue weighted by Gasteiger charge is -2.28. The minimum absolute atomic E-state index is 0.0311. The van der Waals surface area contributed by atoms with E-state index in [1.165, 1.54) is 0 Å². The van der Waals surface area contributed by atoms with Gasteiger partial charge in [0.2, 0.25) is 5.91 Å². The molecule has 23 heavy (non-hydrogen) atoms. The molecule has 0 saturated heterocycles. The third-order valence-corrected chi connectivity index (χ3v) is 4.41. The average molecular weight is 306 g/mol. The van der Waals surface area contributed by atoms with Crippen molar-refractivity contribution in [2.75, 3.05) is 0 Å². The summed E-state index contributed by atoms with van der Waals surface area (Å²) < 4.78 is 0. The molecule has 1 aromatic heterocycles. The Morgan fingerprint density at radius 2 is 1.70 bits per heavy atom. The van der Waals surface area contributed by atoms with Gasteiger partial charge >= 0.3 is 0 Å². The van der Waals surface area contributed by atoms with Gasteiger partial charge < -0.3 is 10.3 Å². The Morgan fingerprint density at radius 1 is 1.04 bits per heavy atom. The number of fused-ring (bicyclic) bond motifs is 1. The van der Waals surface area contributed by atoms with Crippen LogP contribution in [0.3, 0.4) is 0 Å².